The van der Waals surface area contributed by atoms with Crippen LogP contribution in [0.5, 0.6) is 5.75 Å². The Hall–Kier alpha value is -1.81. The van der Waals surface area contributed by atoms with Crippen molar-refractivity contribution in [1.82, 2.24) is 9.55 Å². The predicted molar refractivity (Wildman–Crippen MR) is 68.4 cm³/mol. The SMILES string of the molecule is COc1cccc(-c2ncc3n2C(O)CCC3)c1. The van der Waals surface area contributed by atoms with Crippen molar-refractivity contribution in [1.29, 1.82) is 0 Å². The minimum absolute atomic E-state index is 0.461. The smallest absolute Gasteiger partial charge is 0.142 e. The van der Waals surface area contributed by atoms with Gasteiger partial charge >= 0.3 is 0 Å². The highest BCUT2D eigenvalue weighted by molar-refractivity contribution is 5.59. The van der Waals surface area contributed by atoms with Gasteiger partial charge in [0.2, 0.25) is 0 Å². The number of aliphatic hydroxyl groups excluding tert-OH is 1. The van der Waals surface area contributed by atoms with Gasteiger partial charge in [0, 0.05) is 17.5 Å². The summed E-state index contributed by atoms with van der Waals surface area (Å²) < 4.78 is 7.15. The molecule has 1 N–H and O–H groups in total. The van der Waals surface area contributed by atoms with Crippen LogP contribution in [0.3, 0.4) is 0 Å². The Morgan fingerprint density at radius 1 is 1.44 bits per heavy atom. The fourth-order valence-electron chi connectivity index (χ4n) is 2.48. The van der Waals surface area contributed by atoms with E-state index in [0.29, 0.717) is 0 Å². The van der Waals surface area contributed by atoms with Gasteiger partial charge in [-0.05, 0) is 31.4 Å². The molecule has 2 heterocycles. The summed E-state index contributed by atoms with van der Waals surface area (Å²) in [5.74, 6) is 1.62. The van der Waals surface area contributed by atoms with Gasteiger partial charge in [-0.1, -0.05) is 12.1 Å². The molecule has 0 radical (unpaired) electrons. The summed E-state index contributed by atoms with van der Waals surface area (Å²) in [6.45, 7) is 0. The predicted octanol–water partition coefficient (Wildman–Crippen LogP) is 2.39. The van der Waals surface area contributed by atoms with E-state index in [0.717, 1.165) is 42.1 Å². The van der Waals surface area contributed by atoms with Crippen LogP contribution in [0.4, 0.5) is 0 Å². The van der Waals surface area contributed by atoms with Gasteiger partial charge in [-0.25, -0.2) is 4.98 Å². The van der Waals surface area contributed by atoms with E-state index >= 15 is 0 Å². The van der Waals surface area contributed by atoms with E-state index in [1.165, 1.54) is 0 Å². The first-order chi connectivity index (χ1) is 8.79. The lowest BCUT2D eigenvalue weighted by atomic mass is 10.1. The molecule has 0 aliphatic carbocycles. The molecule has 0 bridgehead atoms. The normalized spacial score (nSPS) is 18.4. The zero-order valence-electron chi connectivity index (χ0n) is 10.3. The summed E-state index contributed by atoms with van der Waals surface area (Å²) in [7, 11) is 1.65. The lowest BCUT2D eigenvalue weighted by Gasteiger charge is -2.22. The van der Waals surface area contributed by atoms with Crippen LogP contribution in [0.15, 0.2) is 30.5 Å². The number of hydrogen-bond acceptors (Lipinski definition) is 3. The van der Waals surface area contributed by atoms with Gasteiger partial charge in [-0.15, -0.1) is 0 Å². The van der Waals surface area contributed by atoms with Crippen molar-refractivity contribution in [3.8, 4) is 17.1 Å². The highest BCUT2D eigenvalue weighted by Crippen LogP contribution is 2.31. The molecule has 4 heteroatoms. The molecular weight excluding hydrogens is 228 g/mol. The van der Waals surface area contributed by atoms with E-state index in [2.05, 4.69) is 4.98 Å². The van der Waals surface area contributed by atoms with Gasteiger partial charge in [-0.3, -0.25) is 0 Å². The van der Waals surface area contributed by atoms with Crippen molar-refractivity contribution in [2.24, 2.45) is 0 Å². The van der Waals surface area contributed by atoms with Crippen molar-refractivity contribution in [2.45, 2.75) is 25.5 Å². The molecule has 18 heavy (non-hydrogen) atoms. The second-order valence-corrected chi connectivity index (χ2v) is 4.55. The van der Waals surface area contributed by atoms with E-state index in [9.17, 15) is 5.11 Å². The van der Waals surface area contributed by atoms with Gasteiger partial charge < -0.3 is 14.4 Å². The first-order valence-corrected chi connectivity index (χ1v) is 6.18. The number of imidazole rings is 1. The number of fused-ring (bicyclic) bond motifs is 1. The Bertz CT molecular complexity index is 563. The average Bonchev–Trinajstić information content (AvgIpc) is 2.84. The molecule has 3 rings (SSSR count). The summed E-state index contributed by atoms with van der Waals surface area (Å²) in [6.07, 6.45) is 4.19. The van der Waals surface area contributed by atoms with Crippen molar-refractivity contribution in [3.63, 3.8) is 0 Å². The average molecular weight is 244 g/mol. The van der Waals surface area contributed by atoms with Crippen molar-refractivity contribution >= 4 is 0 Å². The molecule has 1 aliphatic heterocycles. The van der Waals surface area contributed by atoms with Crippen LogP contribution in [-0.2, 0) is 6.42 Å². The number of aromatic nitrogens is 2. The third-order valence-electron chi connectivity index (χ3n) is 3.39. The number of nitrogens with zero attached hydrogens (tertiary/aromatic N) is 2. The van der Waals surface area contributed by atoms with E-state index in [1.54, 1.807) is 7.11 Å². The van der Waals surface area contributed by atoms with Crippen LogP contribution < -0.4 is 4.74 Å². The highest BCUT2D eigenvalue weighted by atomic mass is 16.5. The summed E-state index contributed by atoms with van der Waals surface area (Å²) >= 11 is 0. The molecule has 1 unspecified atom stereocenters. The van der Waals surface area contributed by atoms with Crippen LogP contribution >= 0.6 is 0 Å². The van der Waals surface area contributed by atoms with Gasteiger partial charge in [0.05, 0.1) is 7.11 Å². The third-order valence-corrected chi connectivity index (χ3v) is 3.39. The second-order valence-electron chi connectivity index (χ2n) is 4.55. The second kappa shape index (κ2) is 4.46. The topological polar surface area (TPSA) is 47.3 Å². The standard InChI is InChI=1S/C14H16N2O2/c1-18-12-6-2-4-10(8-12)14-15-9-11-5-3-7-13(17)16(11)14/h2,4,6,8-9,13,17H,3,5,7H2,1H3. The van der Waals surface area contributed by atoms with Crippen LogP contribution in [0.2, 0.25) is 0 Å². The van der Waals surface area contributed by atoms with Crippen molar-refractivity contribution < 1.29 is 9.84 Å². The molecule has 0 fully saturated rings. The highest BCUT2D eigenvalue weighted by Gasteiger charge is 2.21. The summed E-state index contributed by atoms with van der Waals surface area (Å²) in [6, 6.07) is 7.77. The molecule has 94 valence electrons. The fourth-order valence-corrected chi connectivity index (χ4v) is 2.48. The Kier molecular flexibility index (Phi) is 2.80. The minimum Gasteiger partial charge on any atom is -0.497 e. The van der Waals surface area contributed by atoms with E-state index in [1.807, 2.05) is 35.0 Å². The Labute approximate surface area is 106 Å². The number of aliphatic hydroxyl groups is 1. The summed E-state index contributed by atoms with van der Waals surface area (Å²) in [5.41, 5.74) is 2.08. The molecule has 1 aromatic carbocycles. The lowest BCUT2D eigenvalue weighted by molar-refractivity contribution is 0.0807. The maximum absolute atomic E-state index is 10.1. The van der Waals surface area contributed by atoms with Crippen LogP contribution in [0.25, 0.3) is 11.4 Å². The third kappa shape index (κ3) is 1.78. The molecule has 0 saturated carbocycles. The van der Waals surface area contributed by atoms with Crippen molar-refractivity contribution in [2.75, 3.05) is 7.11 Å². The van der Waals surface area contributed by atoms with E-state index in [4.69, 9.17) is 4.74 Å². The quantitative estimate of drug-likeness (QED) is 0.882. The van der Waals surface area contributed by atoms with Gasteiger partial charge in [0.25, 0.3) is 0 Å². The monoisotopic (exact) mass is 244 g/mol. The molecule has 2 aromatic rings. The lowest BCUT2D eigenvalue weighted by Crippen LogP contribution is -2.17. The van der Waals surface area contributed by atoms with Crippen LogP contribution in [0.1, 0.15) is 24.8 Å². The molecule has 0 amide bonds. The number of methoxy groups -OCH3 is 1. The zero-order chi connectivity index (χ0) is 12.5. The maximum Gasteiger partial charge on any atom is 0.142 e. The van der Waals surface area contributed by atoms with Gasteiger partial charge in [0.15, 0.2) is 0 Å². The molecule has 0 spiro atoms. The molecule has 1 aliphatic rings. The molecule has 0 saturated heterocycles. The number of aryl methyl sites for hydroxylation is 1. The number of benzene rings is 1. The van der Waals surface area contributed by atoms with Crippen LogP contribution in [0, 0.1) is 0 Å². The minimum atomic E-state index is -0.461. The molecular formula is C14H16N2O2. The maximum atomic E-state index is 10.1. The van der Waals surface area contributed by atoms with E-state index in [-0.39, 0.29) is 0 Å². The molecule has 1 aromatic heterocycles. The first kappa shape index (κ1) is 11.3. The van der Waals surface area contributed by atoms with Gasteiger partial charge in [-0.2, -0.15) is 0 Å². The number of rotatable bonds is 2. The summed E-state index contributed by atoms with van der Waals surface area (Å²) in [4.78, 5) is 4.44. The van der Waals surface area contributed by atoms with E-state index < -0.39 is 6.23 Å². The van der Waals surface area contributed by atoms with Crippen LogP contribution in [-0.4, -0.2) is 21.8 Å². The zero-order valence-corrected chi connectivity index (χ0v) is 10.3. The Morgan fingerprint density at radius 3 is 3.17 bits per heavy atom. The molecule has 1 atom stereocenters. The Balaban J connectivity index is 2.09. The first-order valence-electron chi connectivity index (χ1n) is 6.18. The van der Waals surface area contributed by atoms with Gasteiger partial charge in [0.1, 0.15) is 17.8 Å². The summed E-state index contributed by atoms with van der Waals surface area (Å²) in [5, 5.41) is 10.1. The Morgan fingerprint density at radius 2 is 2.33 bits per heavy atom. The number of hydrogen-bond donors (Lipinski definition) is 1. The fraction of sp³-hybridized carbons (Fsp3) is 0.357. The largest absolute Gasteiger partial charge is 0.497 e. The number of ether oxygens (including phenoxy) is 1. The molecule has 4 nitrogen and oxygen atoms in total. The van der Waals surface area contributed by atoms with Crippen molar-refractivity contribution in [3.05, 3.63) is 36.2 Å².